The van der Waals surface area contributed by atoms with Crippen LogP contribution < -0.4 is 11.1 Å². The molecule has 0 spiro atoms. The average molecular weight is 326 g/mol. The van der Waals surface area contributed by atoms with Crippen LogP contribution in [0.25, 0.3) is 0 Å². The molecule has 104 valence electrons. The first kappa shape index (κ1) is 14.5. The summed E-state index contributed by atoms with van der Waals surface area (Å²) in [6.07, 6.45) is 6.08. The van der Waals surface area contributed by atoms with Crippen LogP contribution in [0.4, 0.5) is 5.82 Å². The number of aromatic nitrogens is 1. The summed E-state index contributed by atoms with van der Waals surface area (Å²) >= 11 is 3.31. The first-order valence-corrected chi connectivity index (χ1v) is 7.53. The predicted octanol–water partition coefficient (Wildman–Crippen LogP) is 2.94. The summed E-state index contributed by atoms with van der Waals surface area (Å²) in [5.41, 5.74) is 6.07. The molecule has 1 saturated carbocycles. The third-order valence-electron chi connectivity index (χ3n) is 3.85. The Kier molecular flexibility index (Phi) is 4.93. The first-order valence-electron chi connectivity index (χ1n) is 6.74. The van der Waals surface area contributed by atoms with E-state index in [4.69, 9.17) is 5.73 Å². The summed E-state index contributed by atoms with van der Waals surface area (Å²) in [5, 5.41) is 2.78. The quantitative estimate of drug-likeness (QED) is 0.897. The van der Waals surface area contributed by atoms with Gasteiger partial charge in [0.15, 0.2) is 0 Å². The van der Waals surface area contributed by atoms with E-state index in [1.165, 1.54) is 12.8 Å². The van der Waals surface area contributed by atoms with Gasteiger partial charge in [0.1, 0.15) is 5.82 Å². The van der Waals surface area contributed by atoms with E-state index in [1.807, 2.05) is 6.07 Å². The first-order chi connectivity index (χ1) is 9.06. The van der Waals surface area contributed by atoms with E-state index in [2.05, 4.69) is 33.2 Å². The second-order valence-corrected chi connectivity index (χ2v) is 6.31. The monoisotopic (exact) mass is 325 g/mol. The maximum absolute atomic E-state index is 12.1. The van der Waals surface area contributed by atoms with Gasteiger partial charge in [-0.05, 0) is 52.7 Å². The van der Waals surface area contributed by atoms with Crippen LogP contribution in [0, 0.1) is 11.8 Å². The van der Waals surface area contributed by atoms with E-state index in [0.29, 0.717) is 11.7 Å². The van der Waals surface area contributed by atoms with Crippen LogP contribution in [0.2, 0.25) is 0 Å². The molecule has 1 aliphatic carbocycles. The van der Waals surface area contributed by atoms with Gasteiger partial charge in [-0.3, -0.25) is 4.79 Å². The normalized spacial score (nSPS) is 24.8. The van der Waals surface area contributed by atoms with Crippen LogP contribution in [-0.2, 0) is 4.79 Å². The zero-order valence-electron chi connectivity index (χ0n) is 11.1. The molecule has 0 unspecified atom stereocenters. The summed E-state index contributed by atoms with van der Waals surface area (Å²) in [5.74, 6) is 1.48. The lowest BCUT2D eigenvalue weighted by molar-refractivity contribution is -0.118. The van der Waals surface area contributed by atoms with Crippen molar-refractivity contribution in [2.24, 2.45) is 17.6 Å². The van der Waals surface area contributed by atoms with E-state index in [9.17, 15) is 4.79 Å². The zero-order chi connectivity index (χ0) is 13.8. The molecule has 5 heteroatoms. The van der Waals surface area contributed by atoms with Crippen molar-refractivity contribution in [3.8, 4) is 0 Å². The van der Waals surface area contributed by atoms with Gasteiger partial charge in [0.25, 0.3) is 0 Å². The Morgan fingerprint density at radius 2 is 2.11 bits per heavy atom. The highest BCUT2D eigenvalue weighted by Crippen LogP contribution is 2.30. The molecular formula is C14H20BrN3O. The molecule has 1 heterocycles. The number of hydrogen-bond donors (Lipinski definition) is 2. The number of amides is 1. The Labute approximate surface area is 122 Å². The lowest BCUT2D eigenvalue weighted by Crippen LogP contribution is -2.43. The molecule has 0 bridgehead atoms. The lowest BCUT2D eigenvalue weighted by atomic mass is 9.79. The van der Waals surface area contributed by atoms with Crippen molar-refractivity contribution in [3.05, 3.63) is 22.8 Å². The smallest absolute Gasteiger partial charge is 0.242 e. The molecule has 1 fully saturated rings. The molecule has 0 aliphatic heterocycles. The van der Waals surface area contributed by atoms with Gasteiger partial charge < -0.3 is 11.1 Å². The fraction of sp³-hybridized carbons (Fsp3) is 0.571. The number of pyridine rings is 1. The molecule has 0 saturated heterocycles. The number of halogens is 1. The number of nitrogens with two attached hydrogens (primary N) is 1. The van der Waals surface area contributed by atoms with E-state index < -0.39 is 6.04 Å². The molecule has 3 N–H and O–H groups in total. The van der Waals surface area contributed by atoms with Crippen molar-refractivity contribution in [2.45, 2.75) is 38.6 Å². The molecule has 19 heavy (non-hydrogen) atoms. The average Bonchev–Trinajstić information content (AvgIpc) is 2.41. The SMILES string of the molecule is CC1CCC([C@H](N)C(=O)Nc2ccc(Br)cn2)CC1. The number of carbonyl (C=O) groups excluding carboxylic acids is 1. The highest BCUT2D eigenvalue weighted by atomic mass is 79.9. The minimum Gasteiger partial charge on any atom is -0.320 e. The Balaban J connectivity index is 1.90. The van der Waals surface area contributed by atoms with Crippen molar-refractivity contribution in [3.63, 3.8) is 0 Å². The summed E-state index contributed by atoms with van der Waals surface area (Å²) < 4.78 is 0.885. The van der Waals surface area contributed by atoms with E-state index >= 15 is 0 Å². The highest BCUT2D eigenvalue weighted by Gasteiger charge is 2.28. The Hall–Kier alpha value is -0.940. The molecule has 0 aromatic carbocycles. The number of anilines is 1. The van der Waals surface area contributed by atoms with Gasteiger partial charge >= 0.3 is 0 Å². The fourth-order valence-corrected chi connectivity index (χ4v) is 2.75. The highest BCUT2D eigenvalue weighted by molar-refractivity contribution is 9.10. The summed E-state index contributed by atoms with van der Waals surface area (Å²) in [7, 11) is 0. The molecule has 0 radical (unpaired) electrons. The summed E-state index contributed by atoms with van der Waals surface area (Å²) in [6, 6.07) is 3.17. The second-order valence-electron chi connectivity index (χ2n) is 5.40. The van der Waals surface area contributed by atoms with Gasteiger partial charge in [0.05, 0.1) is 6.04 Å². The summed E-state index contributed by atoms with van der Waals surface area (Å²) in [6.45, 7) is 2.26. The van der Waals surface area contributed by atoms with Crippen molar-refractivity contribution in [1.82, 2.24) is 4.98 Å². The van der Waals surface area contributed by atoms with Crippen molar-refractivity contribution < 1.29 is 4.79 Å². The Morgan fingerprint density at radius 1 is 1.42 bits per heavy atom. The van der Waals surface area contributed by atoms with Crippen LogP contribution in [0.15, 0.2) is 22.8 Å². The Morgan fingerprint density at radius 3 is 2.68 bits per heavy atom. The van der Waals surface area contributed by atoms with Gasteiger partial charge in [-0.2, -0.15) is 0 Å². The standard InChI is InChI=1S/C14H20BrN3O/c1-9-2-4-10(5-3-9)13(16)14(19)18-12-7-6-11(15)8-17-12/h6-10,13H,2-5,16H2,1H3,(H,17,18,19)/t9?,10?,13-/m0/s1. The van der Waals surface area contributed by atoms with Crippen LogP contribution in [0.1, 0.15) is 32.6 Å². The molecule has 4 nitrogen and oxygen atoms in total. The molecular weight excluding hydrogens is 306 g/mol. The van der Waals surface area contributed by atoms with Crippen LogP contribution >= 0.6 is 15.9 Å². The molecule has 1 aromatic heterocycles. The van der Waals surface area contributed by atoms with E-state index in [-0.39, 0.29) is 5.91 Å². The van der Waals surface area contributed by atoms with Gasteiger partial charge in [-0.25, -0.2) is 4.98 Å². The maximum Gasteiger partial charge on any atom is 0.242 e. The fourth-order valence-electron chi connectivity index (χ4n) is 2.52. The zero-order valence-corrected chi connectivity index (χ0v) is 12.7. The summed E-state index contributed by atoms with van der Waals surface area (Å²) in [4.78, 5) is 16.2. The van der Waals surface area contributed by atoms with Crippen molar-refractivity contribution >= 4 is 27.7 Å². The number of hydrogen-bond acceptors (Lipinski definition) is 3. The molecule has 1 aromatic rings. The second kappa shape index (κ2) is 6.48. The number of nitrogens with zero attached hydrogens (tertiary/aromatic N) is 1. The Bertz CT molecular complexity index is 427. The third-order valence-corrected chi connectivity index (χ3v) is 4.32. The molecule has 1 amide bonds. The van der Waals surface area contributed by atoms with Crippen LogP contribution in [-0.4, -0.2) is 16.9 Å². The molecule has 2 rings (SSSR count). The van der Waals surface area contributed by atoms with Gasteiger partial charge in [0.2, 0.25) is 5.91 Å². The van der Waals surface area contributed by atoms with Gasteiger partial charge in [-0.1, -0.05) is 19.8 Å². The van der Waals surface area contributed by atoms with Crippen LogP contribution in [0.3, 0.4) is 0 Å². The van der Waals surface area contributed by atoms with Crippen molar-refractivity contribution in [2.75, 3.05) is 5.32 Å². The van der Waals surface area contributed by atoms with Crippen molar-refractivity contribution in [1.29, 1.82) is 0 Å². The predicted molar refractivity (Wildman–Crippen MR) is 79.7 cm³/mol. The number of rotatable bonds is 3. The van der Waals surface area contributed by atoms with E-state index in [0.717, 1.165) is 23.2 Å². The van der Waals surface area contributed by atoms with Gasteiger partial charge in [0, 0.05) is 10.7 Å². The van der Waals surface area contributed by atoms with Crippen LogP contribution in [0.5, 0.6) is 0 Å². The van der Waals surface area contributed by atoms with Gasteiger partial charge in [-0.15, -0.1) is 0 Å². The number of nitrogens with one attached hydrogen (secondary N) is 1. The number of carbonyl (C=O) groups is 1. The minimum atomic E-state index is -0.432. The minimum absolute atomic E-state index is 0.130. The lowest BCUT2D eigenvalue weighted by Gasteiger charge is -2.29. The maximum atomic E-state index is 12.1. The molecule has 1 atom stereocenters. The topological polar surface area (TPSA) is 68.0 Å². The van der Waals surface area contributed by atoms with E-state index in [1.54, 1.807) is 12.3 Å². The molecule has 1 aliphatic rings. The third kappa shape index (κ3) is 4.01. The largest absolute Gasteiger partial charge is 0.320 e.